The highest BCUT2D eigenvalue weighted by molar-refractivity contribution is 6.34. The molecule has 0 amide bonds. The van der Waals surface area contributed by atoms with Crippen molar-refractivity contribution < 1.29 is 13.6 Å². The first kappa shape index (κ1) is 15.1. The number of unbranched alkanes of at least 4 members (excludes halogenated alkanes) is 2. The SMILES string of the molecule is CO[Si](O)OCCCCCNC1CCCCC1. The fraction of sp³-hybridized carbons (Fsp3) is 1.00. The number of rotatable bonds is 9. The first-order chi connectivity index (χ1) is 8.33. The van der Waals surface area contributed by atoms with Gasteiger partial charge < -0.3 is 19.0 Å². The largest absolute Gasteiger partial charge is 0.574 e. The molecule has 2 N–H and O–H groups in total. The molecule has 1 saturated carbocycles. The minimum Gasteiger partial charge on any atom is -0.387 e. The van der Waals surface area contributed by atoms with E-state index >= 15 is 0 Å². The third-order valence-electron chi connectivity index (χ3n) is 3.26. The van der Waals surface area contributed by atoms with Gasteiger partial charge in [0.25, 0.3) is 0 Å². The van der Waals surface area contributed by atoms with Gasteiger partial charge in [-0.2, -0.15) is 0 Å². The van der Waals surface area contributed by atoms with Gasteiger partial charge in [-0.1, -0.05) is 19.3 Å². The van der Waals surface area contributed by atoms with Gasteiger partial charge in [0.05, 0.1) is 0 Å². The Morgan fingerprint density at radius 2 is 1.94 bits per heavy atom. The quantitative estimate of drug-likeness (QED) is 0.489. The molecule has 1 radical (unpaired) electrons. The molecule has 17 heavy (non-hydrogen) atoms. The van der Waals surface area contributed by atoms with E-state index in [9.17, 15) is 0 Å². The average Bonchev–Trinajstić information content (AvgIpc) is 2.38. The molecule has 0 saturated heterocycles. The molecule has 1 aliphatic carbocycles. The second kappa shape index (κ2) is 10.0. The van der Waals surface area contributed by atoms with E-state index in [2.05, 4.69) is 9.74 Å². The second-order valence-corrected chi connectivity index (χ2v) is 5.90. The molecule has 1 fully saturated rings. The Labute approximate surface area is 107 Å². The second-order valence-electron chi connectivity index (χ2n) is 4.67. The number of hydrogen-bond donors (Lipinski definition) is 2. The van der Waals surface area contributed by atoms with Crippen molar-refractivity contribution in [3.05, 3.63) is 0 Å². The van der Waals surface area contributed by atoms with Gasteiger partial charge >= 0.3 is 9.53 Å². The molecule has 4 nitrogen and oxygen atoms in total. The highest BCUT2D eigenvalue weighted by atomic mass is 28.3. The van der Waals surface area contributed by atoms with Crippen LogP contribution in [0.2, 0.25) is 0 Å². The lowest BCUT2D eigenvalue weighted by atomic mass is 9.95. The molecule has 101 valence electrons. The van der Waals surface area contributed by atoms with E-state index in [1.807, 2.05) is 0 Å². The van der Waals surface area contributed by atoms with Crippen molar-refractivity contribution >= 4 is 9.53 Å². The van der Waals surface area contributed by atoms with Crippen molar-refractivity contribution in [2.24, 2.45) is 0 Å². The smallest absolute Gasteiger partial charge is 0.387 e. The highest BCUT2D eigenvalue weighted by Crippen LogP contribution is 2.17. The van der Waals surface area contributed by atoms with Gasteiger partial charge in [0.15, 0.2) is 0 Å². The first-order valence-corrected chi connectivity index (χ1v) is 8.05. The maximum absolute atomic E-state index is 9.08. The molecule has 0 aromatic carbocycles. The molecule has 0 heterocycles. The van der Waals surface area contributed by atoms with E-state index in [4.69, 9.17) is 9.22 Å². The standard InChI is InChI=1S/C12H26NO3Si/c1-15-17(14)16-11-7-3-6-10-13-12-8-4-2-5-9-12/h12-14H,2-11H2,1H3. The monoisotopic (exact) mass is 260 g/mol. The third-order valence-corrected chi connectivity index (χ3v) is 4.06. The zero-order chi connectivity index (χ0) is 12.3. The van der Waals surface area contributed by atoms with Gasteiger partial charge in [-0.25, -0.2) is 0 Å². The molecule has 1 aliphatic rings. The van der Waals surface area contributed by atoms with Gasteiger partial charge in [-0.05, 0) is 38.6 Å². The van der Waals surface area contributed by atoms with E-state index in [-0.39, 0.29) is 0 Å². The summed E-state index contributed by atoms with van der Waals surface area (Å²) in [6.07, 6.45) is 10.3. The Morgan fingerprint density at radius 1 is 1.18 bits per heavy atom. The average molecular weight is 260 g/mol. The van der Waals surface area contributed by atoms with Crippen molar-refractivity contribution in [2.45, 2.75) is 57.4 Å². The van der Waals surface area contributed by atoms with E-state index in [1.165, 1.54) is 45.6 Å². The van der Waals surface area contributed by atoms with E-state index in [0.29, 0.717) is 6.61 Å². The summed E-state index contributed by atoms with van der Waals surface area (Å²) >= 11 is 0. The summed E-state index contributed by atoms with van der Waals surface area (Å²) in [5, 5.41) is 3.62. The fourth-order valence-electron chi connectivity index (χ4n) is 2.24. The lowest BCUT2D eigenvalue weighted by Gasteiger charge is -2.22. The lowest BCUT2D eigenvalue weighted by Crippen LogP contribution is -2.31. The lowest BCUT2D eigenvalue weighted by molar-refractivity contribution is 0.156. The van der Waals surface area contributed by atoms with Crippen molar-refractivity contribution in [3.8, 4) is 0 Å². The van der Waals surface area contributed by atoms with Gasteiger partial charge in [0.2, 0.25) is 0 Å². The van der Waals surface area contributed by atoms with E-state index in [0.717, 1.165) is 25.4 Å². The van der Waals surface area contributed by atoms with Crippen LogP contribution in [0.25, 0.3) is 0 Å². The Balaban J connectivity index is 1.80. The van der Waals surface area contributed by atoms with Crippen LogP contribution in [0.1, 0.15) is 51.4 Å². The number of nitrogens with one attached hydrogen (secondary N) is 1. The molecule has 0 bridgehead atoms. The fourth-order valence-corrected chi connectivity index (χ4v) is 2.67. The van der Waals surface area contributed by atoms with Crippen LogP contribution < -0.4 is 5.32 Å². The van der Waals surface area contributed by atoms with Crippen LogP contribution in [0.5, 0.6) is 0 Å². The predicted octanol–water partition coefficient (Wildman–Crippen LogP) is 1.72. The molecule has 1 rings (SSSR count). The van der Waals surface area contributed by atoms with Crippen LogP contribution in [-0.2, 0) is 8.85 Å². The zero-order valence-electron chi connectivity index (χ0n) is 10.9. The van der Waals surface area contributed by atoms with Crippen LogP contribution in [0, 0.1) is 0 Å². The molecule has 0 aromatic rings. The Bertz CT molecular complexity index is 177. The molecule has 0 unspecified atom stereocenters. The van der Waals surface area contributed by atoms with Crippen molar-refractivity contribution in [3.63, 3.8) is 0 Å². The molecule has 5 heteroatoms. The van der Waals surface area contributed by atoms with Crippen molar-refractivity contribution in [1.29, 1.82) is 0 Å². The summed E-state index contributed by atoms with van der Waals surface area (Å²) in [4.78, 5) is 9.08. The molecule has 0 spiro atoms. The van der Waals surface area contributed by atoms with Crippen molar-refractivity contribution in [1.82, 2.24) is 5.32 Å². The van der Waals surface area contributed by atoms with Crippen LogP contribution in [-0.4, -0.2) is 40.6 Å². The van der Waals surface area contributed by atoms with Crippen molar-refractivity contribution in [2.75, 3.05) is 20.3 Å². The number of hydrogen-bond acceptors (Lipinski definition) is 4. The van der Waals surface area contributed by atoms with E-state index < -0.39 is 9.53 Å². The Hall–Kier alpha value is 0.0569. The summed E-state index contributed by atoms with van der Waals surface area (Å²) < 4.78 is 9.78. The summed E-state index contributed by atoms with van der Waals surface area (Å²) in [6, 6.07) is 0.765. The molecule has 0 aromatic heterocycles. The molecular weight excluding hydrogens is 234 g/mol. The minimum absolute atomic E-state index is 0.613. The van der Waals surface area contributed by atoms with Gasteiger partial charge in [-0.15, -0.1) is 0 Å². The van der Waals surface area contributed by atoms with Crippen LogP contribution >= 0.6 is 0 Å². The maximum atomic E-state index is 9.08. The molecule has 0 atom stereocenters. The van der Waals surface area contributed by atoms with Gasteiger partial charge in [0.1, 0.15) is 0 Å². The summed E-state index contributed by atoms with van der Waals surface area (Å²) in [6.45, 7) is 1.73. The van der Waals surface area contributed by atoms with Gasteiger partial charge in [-0.3, -0.25) is 0 Å². The Morgan fingerprint density at radius 3 is 2.65 bits per heavy atom. The summed E-state index contributed by atoms with van der Waals surface area (Å²) in [7, 11) is -0.479. The zero-order valence-corrected chi connectivity index (χ0v) is 11.9. The molecule has 0 aliphatic heterocycles. The van der Waals surface area contributed by atoms with E-state index in [1.54, 1.807) is 0 Å². The van der Waals surface area contributed by atoms with Crippen LogP contribution in [0.3, 0.4) is 0 Å². The highest BCUT2D eigenvalue weighted by Gasteiger charge is 2.12. The first-order valence-electron chi connectivity index (χ1n) is 6.79. The van der Waals surface area contributed by atoms with Gasteiger partial charge in [0, 0.05) is 19.8 Å². The summed E-state index contributed by atoms with van der Waals surface area (Å²) in [5.74, 6) is 0. The van der Waals surface area contributed by atoms with Crippen LogP contribution in [0.15, 0.2) is 0 Å². The Kier molecular flexibility index (Phi) is 8.91. The molecular formula is C12H26NO3Si. The third kappa shape index (κ3) is 7.89. The maximum Gasteiger partial charge on any atom is 0.574 e. The normalized spacial score (nSPS) is 17.8. The van der Waals surface area contributed by atoms with Crippen LogP contribution in [0.4, 0.5) is 0 Å². The minimum atomic E-state index is -1.95. The topological polar surface area (TPSA) is 50.7 Å². The summed E-state index contributed by atoms with van der Waals surface area (Å²) in [5.41, 5.74) is 0. The predicted molar refractivity (Wildman–Crippen MR) is 69.7 cm³/mol.